The zero-order valence-corrected chi connectivity index (χ0v) is 53.0. The third-order valence-electron chi connectivity index (χ3n) is 13.3. The first-order valence-electron chi connectivity index (χ1n) is 28.9. The fourth-order valence-electron chi connectivity index (χ4n) is 8.32. The van der Waals surface area contributed by atoms with Crippen molar-refractivity contribution in [2.24, 2.45) is 0 Å². The summed E-state index contributed by atoms with van der Waals surface area (Å²) in [5, 5.41) is 0. The molecule has 7 aromatic rings. The van der Waals surface area contributed by atoms with Crippen LogP contribution in [0.3, 0.4) is 0 Å². The van der Waals surface area contributed by atoms with E-state index in [2.05, 4.69) is 165 Å². The Hall–Kier alpha value is -5.98. The van der Waals surface area contributed by atoms with E-state index in [0.29, 0.717) is 0 Å². The standard InChI is InChI=1S/C34H36F2.C20H19BrF2.C14H17.C6H2Br2F2/c1-3-5-7-9-11-27-13-17-29(18-14-27)21-23-31-25-34(36)32(26-33(31)35)24-22-30-19-15-28(16-20-30)12-10-8-6-4-2;1-2-3-4-5-6-15-7-9-16(10-8-15)11-12-17-13-20(23)18(21)14-19(17)22;1-3-5-6-7-8-14-11-9-13(4-2)10-12-14;7-3-1-5(9)4(8)2-6(3)10/h13-20,25-26H,3-12H2,1-2H3;7-10,13-14H,2-6H2,1H3;9-12H,3,5-8H2,1H3;1-2H/q;;+1;. The van der Waals surface area contributed by atoms with Gasteiger partial charge in [-0.3, -0.25) is 0 Å². The van der Waals surface area contributed by atoms with Gasteiger partial charge in [-0.2, -0.15) is 0 Å². The molecule has 0 fully saturated rings. The van der Waals surface area contributed by atoms with Gasteiger partial charge in [0.25, 0.3) is 0 Å². The second kappa shape index (κ2) is 40.3. The van der Waals surface area contributed by atoms with Gasteiger partial charge >= 0.3 is 86.8 Å². The van der Waals surface area contributed by atoms with E-state index in [1.54, 1.807) is 0 Å². The van der Waals surface area contributed by atoms with Crippen LogP contribution in [0.25, 0.3) is 0 Å². The van der Waals surface area contributed by atoms with Crippen molar-refractivity contribution in [3.05, 3.63) is 249 Å². The first kappa shape index (κ1) is 69.5. The van der Waals surface area contributed by atoms with Gasteiger partial charge in [0.1, 0.15) is 34.9 Å². The van der Waals surface area contributed by atoms with Crippen LogP contribution in [0, 0.1) is 82.8 Å². The van der Waals surface area contributed by atoms with E-state index in [1.165, 1.54) is 125 Å². The molecule has 0 bridgehead atoms. The molecule has 7 aromatic carbocycles. The van der Waals surface area contributed by atoms with Crippen LogP contribution in [-0.4, -0.2) is 0 Å². The summed E-state index contributed by atoms with van der Waals surface area (Å²) < 4.78 is 81.8. The first-order chi connectivity index (χ1) is 40.2. The molecule has 0 spiro atoms. The molecule has 0 unspecified atom stereocenters. The molecule has 0 saturated heterocycles. The minimum absolute atomic E-state index is 0.0362. The van der Waals surface area contributed by atoms with Crippen LogP contribution in [0.5, 0.6) is 0 Å². The van der Waals surface area contributed by atoms with E-state index >= 15 is 0 Å². The summed E-state index contributed by atoms with van der Waals surface area (Å²) >= 11 is 8.64. The Kier molecular flexibility index (Phi) is 33.8. The summed E-state index contributed by atoms with van der Waals surface area (Å²) in [6.45, 7) is 8.85. The van der Waals surface area contributed by atoms with Gasteiger partial charge < -0.3 is 0 Å². The van der Waals surface area contributed by atoms with Crippen molar-refractivity contribution in [2.75, 3.05) is 0 Å². The molecule has 9 heteroatoms. The van der Waals surface area contributed by atoms with Crippen molar-refractivity contribution >= 4 is 47.8 Å². The molecule has 0 aromatic heterocycles. The Morgan fingerprint density at radius 3 is 0.783 bits per heavy atom. The van der Waals surface area contributed by atoms with Gasteiger partial charge in [0, 0.05) is 16.7 Å². The number of unbranched alkanes of at least 4 members (excludes halogenated alkanes) is 12. The molecule has 0 amide bonds. The number of aryl methyl sites for hydroxylation is 4. The number of hydrogen-bond acceptors (Lipinski definition) is 0. The predicted octanol–water partition coefficient (Wildman–Crippen LogP) is 22.5. The van der Waals surface area contributed by atoms with Crippen LogP contribution in [0.1, 0.15) is 192 Å². The molecule has 0 N–H and O–H groups in total. The van der Waals surface area contributed by atoms with Crippen molar-refractivity contribution in [3.8, 4) is 41.4 Å². The summed E-state index contributed by atoms with van der Waals surface area (Å²) in [5.41, 5.74) is 8.57. The van der Waals surface area contributed by atoms with Crippen molar-refractivity contribution in [1.29, 1.82) is 0 Å². The zero-order valence-electron chi connectivity index (χ0n) is 48.2. The van der Waals surface area contributed by atoms with E-state index < -0.39 is 34.9 Å². The Morgan fingerprint density at radius 1 is 0.289 bits per heavy atom. The van der Waals surface area contributed by atoms with Gasteiger partial charge in [-0.15, -0.1) is 0 Å². The van der Waals surface area contributed by atoms with Gasteiger partial charge in [0.15, 0.2) is 0 Å². The van der Waals surface area contributed by atoms with Crippen LogP contribution in [0.4, 0.5) is 26.3 Å². The first-order valence-corrected chi connectivity index (χ1v) is 31.3. The average molecular weight is 1320 g/mol. The van der Waals surface area contributed by atoms with Gasteiger partial charge in [-0.1, -0.05) is 150 Å². The van der Waals surface area contributed by atoms with E-state index in [1.807, 2.05) is 48.5 Å². The molecule has 0 heterocycles. The quantitative estimate of drug-likeness (QED) is 0.0235. The third-order valence-corrected chi connectivity index (χ3v) is 15.1. The summed E-state index contributed by atoms with van der Waals surface area (Å²) in [4.78, 5) is 0. The van der Waals surface area contributed by atoms with Crippen LogP contribution in [0.2, 0.25) is 0 Å². The van der Waals surface area contributed by atoms with Crippen LogP contribution >= 0.6 is 47.8 Å². The summed E-state index contributed by atoms with van der Waals surface area (Å²) in [6, 6.07) is 38.7. The van der Waals surface area contributed by atoms with E-state index in [4.69, 9.17) is 6.42 Å². The molecule has 0 radical (unpaired) electrons. The normalized spacial score (nSPS) is 10.2. The van der Waals surface area contributed by atoms with Crippen molar-refractivity contribution in [3.63, 3.8) is 0 Å². The SMILES string of the molecule is CCCCCCc1ccc(C#Cc2cc(F)c(Br)cc2F)cc1.CCCCCCc1ccc(C#Cc2cc(F)c(C#Cc3ccc(CCCCCC)cc3)cc2F)cc1.Fc1cc(Br)c(F)cc1Br.[C+]#Cc1ccc(CCCCCC)cc1. The number of rotatable bonds is 20. The molecule has 0 aliphatic heterocycles. The molecule has 0 aliphatic rings. The predicted molar refractivity (Wildman–Crippen MR) is 343 cm³/mol. The Bertz CT molecular complexity index is 3140. The molecular weight excluding hydrogens is 1240 g/mol. The molecular formula is C74H74Br3F6+. The third kappa shape index (κ3) is 27.5. The Labute approximate surface area is 517 Å². The van der Waals surface area contributed by atoms with Crippen molar-refractivity contribution in [2.45, 2.75) is 156 Å². The van der Waals surface area contributed by atoms with Gasteiger partial charge in [-0.25, -0.2) is 26.3 Å². The number of halogens is 9. The minimum atomic E-state index is -0.567. The molecule has 83 heavy (non-hydrogen) atoms. The van der Waals surface area contributed by atoms with Crippen LogP contribution in [-0.2, 0) is 25.7 Å². The second-order valence-electron chi connectivity index (χ2n) is 20.1. The van der Waals surface area contributed by atoms with E-state index in [-0.39, 0.29) is 30.1 Å². The molecule has 0 aliphatic carbocycles. The number of benzene rings is 7. The monoisotopic (exact) mass is 1310 g/mol. The zero-order chi connectivity index (χ0) is 60.2. The Balaban J connectivity index is 0.000000266. The molecule has 432 valence electrons. The molecule has 0 saturated carbocycles. The Morgan fingerprint density at radius 2 is 0.518 bits per heavy atom. The average Bonchev–Trinajstić information content (AvgIpc) is 3.55. The summed E-state index contributed by atoms with van der Waals surface area (Å²) in [6.07, 6.45) is 31.4. The van der Waals surface area contributed by atoms with Gasteiger partial charge in [0.2, 0.25) is 0 Å². The van der Waals surface area contributed by atoms with Gasteiger partial charge in [-0.05, 0) is 176 Å². The maximum absolute atomic E-state index is 14.6. The number of hydrogen-bond donors (Lipinski definition) is 0. The van der Waals surface area contributed by atoms with E-state index in [0.717, 1.165) is 84.3 Å². The van der Waals surface area contributed by atoms with Crippen LogP contribution < -0.4 is 0 Å². The van der Waals surface area contributed by atoms with Crippen molar-refractivity contribution in [1.82, 2.24) is 0 Å². The molecule has 7 rings (SSSR count). The summed E-state index contributed by atoms with van der Waals surface area (Å²) in [5.74, 6) is 16.2. The fraction of sp³-hybridized carbons (Fsp3) is 0.324. The summed E-state index contributed by atoms with van der Waals surface area (Å²) in [7, 11) is 0. The van der Waals surface area contributed by atoms with Crippen molar-refractivity contribution < 1.29 is 26.3 Å². The topological polar surface area (TPSA) is 0 Å². The maximum atomic E-state index is 14.6. The second-order valence-corrected chi connectivity index (χ2v) is 22.7. The fourth-order valence-corrected chi connectivity index (χ4v) is 9.26. The molecule has 0 atom stereocenters. The van der Waals surface area contributed by atoms with Crippen LogP contribution in [0.15, 0.2) is 147 Å². The van der Waals surface area contributed by atoms with Gasteiger partial charge in [0.05, 0.1) is 30.1 Å². The van der Waals surface area contributed by atoms with E-state index in [9.17, 15) is 26.3 Å². The molecule has 0 nitrogen and oxygen atoms in total.